The molecular formula is C13H17N3O2S. The number of hydrogen-bond acceptors (Lipinski definition) is 3. The molecule has 0 bridgehead atoms. The van der Waals surface area contributed by atoms with Crippen molar-refractivity contribution in [3.05, 3.63) is 41.7 Å². The monoisotopic (exact) mass is 279 g/mol. The Morgan fingerprint density at radius 2 is 1.84 bits per heavy atom. The molecule has 0 unspecified atom stereocenters. The molecule has 6 heteroatoms. The summed E-state index contributed by atoms with van der Waals surface area (Å²) in [4.78, 5) is 0.252. The maximum Gasteiger partial charge on any atom is 0.262 e. The van der Waals surface area contributed by atoms with Crippen molar-refractivity contribution < 1.29 is 8.42 Å². The summed E-state index contributed by atoms with van der Waals surface area (Å²) in [6, 6.07) is 6.74. The molecule has 1 N–H and O–H groups in total. The van der Waals surface area contributed by atoms with Crippen molar-refractivity contribution >= 4 is 15.7 Å². The van der Waals surface area contributed by atoms with Crippen molar-refractivity contribution in [2.45, 2.75) is 32.2 Å². The Morgan fingerprint density at radius 3 is 2.37 bits per heavy atom. The maximum absolute atomic E-state index is 12.2. The van der Waals surface area contributed by atoms with Crippen LogP contribution in [0.2, 0.25) is 0 Å². The molecule has 0 aliphatic heterocycles. The zero-order chi connectivity index (χ0) is 14.0. The molecule has 0 radical (unpaired) electrons. The number of sulfonamides is 1. The highest BCUT2D eigenvalue weighted by Gasteiger charge is 2.16. The van der Waals surface area contributed by atoms with Gasteiger partial charge in [0, 0.05) is 6.54 Å². The van der Waals surface area contributed by atoms with Crippen LogP contribution in [-0.2, 0) is 16.6 Å². The average Bonchev–Trinajstić information content (AvgIpc) is 2.70. The molecule has 19 heavy (non-hydrogen) atoms. The summed E-state index contributed by atoms with van der Waals surface area (Å²) in [6.07, 6.45) is 1.53. The molecule has 5 nitrogen and oxygen atoms in total. The van der Waals surface area contributed by atoms with Gasteiger partial charge >= 0.3 is 0 Å². The van der Waals surface area contributed by atoms with E-state index in [1.54, 1.807) is 28.9 Å². The minimum atomic E-state index is -3.55. The van der Waals surface area contributed by atoms with E-state index in [4.69, 9.17) is 0 Å². The summed E-state index contributed by atoms with van der Waals surface area (Å²) >= 11 is 0. The van der Waals surface area contributed by atoms with E-state index in [0.29, 0.717) is 12.2 Å². The zero-order valence-corrected chi connectivity index (χ0v) is 12.0. The molecule has 0 amide bonds. The van der Waals surface area contributed by atoms with Gasteiger partial charge in [-0.15, -0.1) is 0 Å². The smallest absolute Gasteiger partial charge is 0.262 e. The summed E-state index contributed by atoms with van der Waals surface area (Å²) < 4.78 is 28.7. The number of benzene rings is 1. The van der Waals surface area contributed by atoms with Gasteiger partial charge in [-0.05, 0) is 32.9 Å². The van der Waals surface area contributed by atoms with Crippen molar-refractivity contribution in [3.63, 3.8) is 0 Å². The molecule has 1 heterocycles. The van der Waals surface area contributed by atoms with Crippen LogP contribution >= 0.6 is 0 Å². The van der Waals surface area contributed by atoms with Crippen LogP contribution in [0.25, 0.3) is 0 Å². The molecule has 0 aliphatic carbocycles. The first-order valence-electron chi connectivity index (χ1n) is 6.06. The molecule has 2 rings (SSSR count). The molecule has 0 saturated heterocycles. The minimum Gasteiger partial charge on any atom is -0.276 e. The molecule has 0 atom stereocenters. The number of aromatic nitrogens is 2. The number of hydrogen-bond donors (Lipinski definition) is 1. The van der Waals surface area contributed by atoms with E-state index in [1.165, 1.54) is 6.20 Å². The molecular weight excluding hydrogens is 262 g/mol. The van der Waals surface area contributed by atoms with Crippen LogP contribution in [0, 0.1) is 13.8 Å². The Balaban J connectivity index is 2.31. The van der Waals surface area contributed by atoms with Crippen LogP contribution in [0.5, 0.6) is 0 Å². The third kappa shape index (κ3) is 2.78. The van der Waals surface area contributed by atoms with Crippen LogP contribution < -0.4 is 4.72 Å². The van der Waals surface area contributed by atoms with E-state index < -0.39 is 10.0 Å². The minimum absolute atomic E-state index is 0.252. The van der Waals surface area contributed by atoms with Gasteiger partial charge in [0.05, 0.1) is 22.5 Å². The predicted octanol–water partition coefficient (Wildman–Crippen LogP) is 2.32. The van der Waals surface area contributed by atoms with Gasteiger partial charge in [0.25, 0.3) is 10.0 Å². The summed E-state index contributed by atoms with van der Waals surface area (Å²) in [5, 5.41) is 4.12. The summed E-state index contributed by atoms with van der Waals surface area (Å²) in [7, 11) is -3.55. The topological polar surface area (TPSA) is 64.0 Å². The first kappa shape index (κ1) is 13.6. The number of nitrogens with one attached hydrogen (secondary N) is 1. The van der Waals surface area contributed by atoms with E-state index in [0.717, 1.165) is 11.3 Å². The van der Waals surface area contributed by atoms with Gasteiger partial charge in [0.2, 0.25) is 0 Å². The second-order valence-corrected chi connectivity index (χ2v) is 6.06. The average molecular weight is 279 g/mol. The number of aryl methyl sites for hydroxylation is 2. The van der Waals surface area contributed by atoms with Gasteiger partial charge in [0.15, 0.2) is 0 Å². The fraction of sp³-hybridized carbons (Fsp3) is 0.308. The van der Waals surface area contributed by atoms with Crippen LogP contribution in [-0.4, -0.2) is 18.2 Å². The van der Waals surface area contributed by atoms with E-state index >= 15 is 0 Å². The highest BCUT2D eigenvalue weighted by atomic mass is 32.2. The van der Waals surface area contributed by atoms with Crippen LogP contribution in [0.4, 0.5) is 5.69 Å². The number of rotatable bonds is 4. The normalized spacial score (nSPS) is 11.5. The van der Waals surface area contributed by atoms with Gasteiger partial charge < -0.3 is 0 Å². The van der Waals surface area contributed by atoms with Crippen molar-refractivity contribution in [1.29, 1.82) is 0 Å². The maximum atomic E-state index is 12.2. The quantitative estimate of drug-likeness (QED) is 0.934. The van der Waals surface area contributed by atoms with Gasteiger partial charge in [-0.2, -0.15) is 5.10 Å². The molecule has 0 spiro atoms. The lowest BCUT2D eigenvalue weighted by atomic mass is 10.2. The van der Waals surface area contributed by atoms with E-state index in [2.05, 4.69) is 9.82 Å². The van der Waals surface area contributed by atoms with Gasteiger partial charge in [-0.25, -0.2) is 8.42 Å². The molecule has 102 valence electrons. The highest BCUT2D eigenvalue weighted by Crippen LogP contribution is 2.19. The van der Waals surface area contributed by atoms with Crippen molar-refractivity contribution in [3.8, 4) is 0 Å². The second-order valence-electron chi connectivity index (χ2n) is 4.38. The molecule has 1 aromatic heterocycles. The van der Waals surface area contributed by atoms with E-state index in [1.807, 2.05) is 20.8 Å². The third-order valence-electron chi connectivity index (χ3n) is 2.98. The summed E-state index contributed by atoms with van der Waals surface area (Å²) in [6.45, 7) is 6.42. The second kappa shape index (κ2) is 5.05. The van der Waals surface area contributed by atoms with Gasteiger partial charge in [-0.3, -0.25) is 9.40 Å². The molecule has 2 aromatic rings. The van der Waals surface area contributed by atoms with Crippen LogP contribution in [0.15, 0.2) is 35.4 Å². The zero-order valence-electron chi connectivity index (χ0n) is 11.2. The molecule has 0 aliphatic rings. The molecule has 0 fully saturated rings. The number of nitrogens with zero attached hydrogens (tertiary/aromatic N) is 2. The third-order valence-corrected chi connectivity index (χ3v) is 4.36. The SMILES string of the molecule is CCn1ncc(NS(=O)(=O)c2ccc(C)cc2)c1C. The Kier molecular flexibility index (Phi) is 3.61. The Bertz CT molecular complexity index is 672. The first-order valence-corrected chi connectivity index (χ1v) is 7.54. The number of anilines is 1. The summed E-state index contributed by atoms with van der Waals surface area (Å²) in [5.41, 5.74) is 2.34. The Morgan fingerprint density at radius 1 is 1.21 bits per heavy atom. The fourth-order valence-corrected chi connectivity index (χ4v) is 2.89. The summed E-state index contributed by atoms with van der Waals surface area (Å²) in [5.74, 6) is 0. The standard InChI is InChI=1S/C13H17N3O2S/c1-4-16-11(3)13(9-14-16)15-19(17,18)12-7-5-10(2)6-8-12/h5-9,15H,4H2,1-3H3. The Hall–Kier alpha value is -1.82. The Labute approximate surface area is 113 Å². The largest absolute Gasteiger partial charge is 0.276 e. The predicted molar refractivity (Wildman–Crippen MR) is 74.6 cm³/mol. The van der Waals surface area contributed by atoms with Crippen molar-refractivity contribution in [2.24, 2.45) is 0 Å². The highest BCUT2D eigenvalue weighted by molar-refractivity contribution is 7.92. The van der Waals surface area contributed by atoms with Crippen LogP contribution in [0.3, 0.4) is 0 Å². The van der Waals surface area contributed by atoms with Crippen molar-refractivity contribution in [1.82, 2.24) is 9.78 Å². The van der Waals surface area contributed by atoms with E-state index in [9.17, 15) is 8.42 Å². The van der Waals surface area contributed by atoms with E-state index in [-0.39, 0.29) is 4.90 Å². The molecule has 1 aromatic carbocycles. The van der Waals surface area contributed by atoms with Crippen molar-refractivity contribution in [2.75, 3.05) is 4.72 Å². The van der Waals surface area contributed by atoms with Gasteiger partial charge in [0.1, 0.15) is 0 Å². The van der Waals surface area contributed by atoms with Gasteiger partial charge in [-0.1, -0.05) is 17.7 Å². The lowest BCUT2D eigenvalue weighted by molar-refractivity contribution is 0.601. The molecule has 0 saturated carbocycles. The van der Waals surface area contributed by atoms with Crippen LogP contribution in [0.1, 0.15) is 18.2 Å². The lowest BCUT2D eigenvalue weighted by Gasteiger charge is -2.08. The first-order chi connectivity index (χ1) is 8.94. The lowest BCUT2D eigenvalue weighted by Crippen LogP contribution is -2.13. The fourth-order valence-electron chi connectivity index (χ4n) is 1.79.